The predicted octanol–water partition coefficient (Wildman–Crippen LogP) is 25.5. The van der Waals surface area contributed by atoms with Gasteiger partial charge in [-0.2, -0.15) is 0 Å². The number of esters is 4. The summed E-state index contributed by atoms with van der Waals surface area (Å²) in [4.78, 5) is 73.1. The number of rotatable bonds is 83. The lowest BCUT2D eigenvalue weighted by molar-refractivity contribution is -0.161. The van der Waals surface area contributed by atoms with Crippen LogP contribution in [0.4, 0.5) is 0 Å². The molecule has 612 valence electrons. The van der Waals surface area contributed by atoms with E-state index in [1.807, 2.05) is 0 Å². The lowest BCUT2D eigenvalue weighted by Gasteiger charge is -2.21. The molecule has 0 saturated heterocycles. The molecule has 0 aromatic rings. The average molecular weight is 1510 g/mol. The number of phosphoric acid groups is 2. The van der Waals surface area contributed by atoms with Crippen molar-refractivity contribution in [3.8, 4) is 0 Å². The van der Waals surface area contributed by atoms with E-state index in [2.05, 4.69) is 41.5 Å². The number of carbonyl (C=O) groups excluding carboxylic acids is 4. The fourth-order valence-electron chi connectivity index (χ4n) is 13.0. The zero-order valence-corrected chi connectivity index (χ0v) is 69.4. The van der Waals surface area contributed by atoms with E-state index < -0.39 is 97.5 Å². The van der Waals surface area contributed by atoms with Gasteiger partial charge in [0.05, 0.1) is 26.4 Å². The number of phosphoric ester groups is 2. The SMILES string of the molecule is CCCCCCCCCCCCCCCC(=O)O[C@H](COC(=O)CCCCCCCCCCCCC)COP(=O)(O)OC[C@H](O)COP(=O)(O)OC[C@@H](COC(=O)CCCCCCCCCCCCCCCCC(C)C)OC(=O)CCCCCCCCCCCCCCCCCCCCC(C)CC. The van der Waals surface area contributed by atoms with Crippen molar-refractivity contribution < 1.29 is 80.2 Å². The van der Waals surface area contributed by atoms with Crippen molar-refractivity contribution in [1.29, 1.82) is 0 Å². The Bertz CT molecular complexity index is 1980. The Hall–Kier alpha value is -1.94. The Labute approximate surface area is 632 Å². The minimum atomic E-state index is -4.96. The maximum absolute atomic E-state index is 13.1. The topological polar surface area (TPSA) is 237 Å². The molecule has 0 aromatic carbocycles. The predicted molar refractivity (Wildman–Crippen MR) is 423 cm³/mol. The highest BCUT2D eigenvalue weighted by Gasteiger charge is 2.30. The largest absolute Gasteiger partial charge is 0.472 e. The second-order valence-electron chi connectivity index (χ2n) is 30.9. The van der Waals surface area contributed by atoms with Crippen LogP contribution in [0.3, 0.4) is 0 Å². The summed E-state index contributed by atoms with van der Waals surface area (Å²) in [5.74, 6) is -0.433. The van der Waals surface area contributed by atoms with Crippen molar-refractivity contribution in [3.63, 3.8) is 0 Å². The molecular weight excluding hydrogens is 1340 g/mol. The smallest absolute Gasteiger partial charge is 0.462 e. The van der Waals surface area contributed by atoms with Crippen LogP contribution in [-0.2, 0) is 65.4 Å². The van der Waals surface area contributed by atoms with Crippen LogP contribution in [0.25, 0.3) is 0 Å². The van der Waals surface area contributed by atoms with E-state index in [1.165, 1.54) is 263 Å². The molecule has 0 aliphatic carbocycles. The molecular formula is C84H164O17P2. The molecule has 6 atom stereocenters. The van der Waals surface area contributed by atoms with Crippen molar-refractivity contribution >= 4 is 39.5 Å². The molecule has 0 bridgehead atoms. The fraction of sp³-hybridized carbons (Fsp3) is 0.952. The quantitative estimate of drug-likeness (QED) is 0.0222. The number of ether oxygens (including phenoxy) is 4. The number of carbonyl (C=O) groups is 4. The van der Waals surface area contributed by atoms with Crippen LogP contribution < -0.4 is 0 Å². The molecule has 3 N–H and O–H groups in total. The molecule has 0 heterocycles. The van der Waals surface area contributed by atoms with E-state index >= 15 is 0 Å². The van der Waals surface area contributed by atoms with E-state index in [0.29, 0.717) is 25.7 Å². The van der Waals surface area contributed by atoms with Crippen LogP contribution in [0.1, 0.15) is 446 Å². The summed E-state index contributed by atoms with van der Waals surface area (Å²) < 4.78 is 68.8. The summed E-state index contributed by atoms with van der Waals surface area (Å²) in [6.45, 7) is 9.75. The molecule has 0 spiro atoms. The molecule has 3 unspecified atom stereocenters. The monoisotopic (exact) mass is 1510 g/mol. The second-order valence-corrected chi connectivity index (χ2v) is 33.8. The van der Waals surface area contributed by atoms with Crippen LogP contribution in [0, 0.1) is 11.8 Å². The highest BCUT2D eigenvalue weighted by molar-refractivity contribution is 7.47. The summed E-state index contributed by atoms with van der Waals surface area (Å²) in [5.41, 5.74) is 0. The lowest BCUT2D eigenvalue weighted by Crippen LogP contribution is -2.30. The standard InChI is InChI=1S/C84H164O17P2/c1-7-10-12-14-16-18-20-29-38-44-50-56-62-68-83(88)100-79(72-94-81(86)66-60-54-48-42-34-19-17-15-13-11-8-2)74-98-102(90,91)96-70-78(85)71-97-103(92,93)99-75-80(73-95-82(87)67-61-55-49-43-37-32-28-27-30-35-40-46-52-58-64-76(4)5)101-84(89)69-63-57-51-45-39-33-26-24-22-21-23-25-31-36-41-47-53-59-65-77(6)9-3/h76-80,85H,7-75H2,1-6H3,(H,90,91)(H,92,93)/t77?,78-,79+,80+/m0/s1. The van der Waals surface area contributed by atoms with Crippen LogP contribution in [0.15, 0.2) is 0 Å². The Morgan fingerprint density at radius 2 is 0.495 bits per heavy atom. The first-order valence-electron chi connectivity index (χ1n) is 43.5. The van der Waals surface area contributed by atoms with E-state index in [-0.39, 0.29) is 25.7 Å². The average Bonchev–Trinajstić information content (AvgIpc) is 0.910. The molecule has 0 rings (SSSR count). The summed E-state index contributed by atoms with van der Waals surface area (Å²) in [6.07, 6.45) is 66.5. The Balaban J connectivity index is 5.22. The van der Waals surface area contributed by atoms with Crippen LogP contribution in [0.2, 0.25) is 0 Å². The first-order chi connectivity index (χ1) is 49.9. The number of hydrogen-bond acceptors (Lipinski definition) is 15. The summed E-state index contributed by atoms with van der Waals surface area (Å²) in [5, 5.41) is 10.7. The minimum absolute atomic E-state index is 0.108. The summed E-state index contributed by atoms with van der Waals surface area (Å²) in [7, 11) is -9.92. The van der Waals surface area contributed by atoms with Gasteiger partial charge in [-0.25, -0.2) is 9.13 Å². The molecule has 0 aliphatic heterocycles. The number of aliphatic hydroxyl groups excluding tert-OH is 1. The third kappa shape index (κ3) is 76.6. The van der Waals surface area contributed by atoms with Crippen molar-refractivity contribution in [3.05, 3.63) is 0 Å². The maximum atomic E-state index is 13.1. The van der Waals surface area contributed by atoms with Gasteiger partial charge in [0.25, 0.3) is 0 Å². The zero-order valence-electron chi connectivity index (χ0n) is 67.6. The number of hydrogen-bond donors (Lipinski definition) is 3. The van der Waals surface area contributed by atoms with Crippen molar-refractivity contribution in [2.75, 3.05) is 39.6 Å². The van der Waals surface area contributed by atoms with Gasteiger partial charge < -0.3 is 33.8 Å². The molecule has 0 fully saturated rings. The van der Waals surface area contributed by atoms with E-state index in [9.17, 15) is 43.2 Å². The normalized spacial score (nSPS) is 14.1. The lowest BCUT2D eigenvalue weighted by atomic mass is 9.99. The molecule has 0 aromatic heterocycles. The highest BCUT2D eigenvalue weighted by atomic mass is 31.2. The zero-order chi connectivity index (χ0) is 75.6. The summed E-state index contributed by atoms with van der Waals surface area (Å²) >= 11 is 0. The van der Waals surface area contributed by atoms with Crippen LogP contribution in [0.5, 0.6) is 0 Å². The van der Waals surface area contributed by atoms with Gasteiger partial charge in [-0.15, -0.1) is 0 Å². The molecule has 0 saturated carbocycles. The molecule has 0 radical (unpaired) electrons. The molecule has 103 heavy (non-hydrogen) atoms. The van der Waals surface area contributed by atoms with Crippen molar-refractivity contribution in [1.82, 2.24) is 0 Å². The second kappa shape index (κ2) is 75.5. The molecule has 0 aliphatic rings. The van der Waals surface area contributed by atoms with Crippen molar-refractivity contribution in [2.24, 2.45) is 11.8 Å². The fourth-order valence-corrected chi connectivity index (χ4v) is 14.6. The van der Waals surface area contributed by atoms with Gasteiger partial charge in [-0.3, -0.25) is 37.3 Å². The van der Waals surface area contributed by atoms with Crippen LogP contribution >= 0.6 is 15.6 Å². The highest BCUT2D eigenvalue weighted by Crippen LogP contribution is 2.45. The van der Waals surface area contributed by atoms with Crippen LogP contribution in [-0.4, -0.2) is 96.7 Å². The third-order valence-electron chi connectivity index (χ3n) is 20.1. The molecule has 17 nitrogen and oxygen atoms in total. The van der Waals surface area contributed by atoms with E-state index in [0.717, 1.165) is 102 Å². The minimum Gasteiger partial charge on any atom is -0.462 e. The van der Waals surface area contributed by atoms with Gasteiger partial charge in [0.15, 0.2) is 12.2 Å². The first-order valence-corrected chi connectivity index (χ1v) is 46.5. The van der Waals surface area contributed by atoms with E-state index in [4.69, 9.17) is 37.0 Å². The van der Waals surface area contributed by atoms with E-state index in [1.54, 1.807) is 0 Å². The first kappa shape index (κ1) is 101. The number of unbranched alkanes of at least 4 members (excludes halogenated alkanes) is 52. The van der Waals surface area contributed by atoms with Crippen molar-refractivity contribution in [2.45, 2.75) is 464 Å². The van der Waals surface area contributed by atoms with Gasteiger partial charge in [-0.1, -0.05) is 395 Å². The Kier molecular flexibility index (Phi) is 74.1. The number of aliphatic hydroxyl groups is 1. The van der Waals surface area contributed by atoms with Gasteiger partial charge in [-0.05, 0) is 37.5 Å². The molecule has 0 amide bonds. The Morgan fingerprint density at radius 1 is 0.282 bits per heavy atom. The Morgan fingerprint density at radius 3 is 0.738 bits per heavy atom. The summed E-state index contributed by atoms with van der Waals surface area (Å²) in [6, 6.07) is 0. The van der Waals surface area contributed by atoms with Gasteiger partial charge in [0.2, 0.25) is 0 Å². The third-order valence-corrected chi connectivity index (χ3v) is 22.0. The van der Waals surface area contributed by atoms with Gasteiger partial charge in [0, 0.05) is 25.7 Å². The molecule has 19 heteroatoms. The van der Waals surface area contributed by atoms with Gasteiger partial charge >= 0.3 is 39.5 Å². The van der Waals surface area contributed by atoms with Gasteiger partial charge in [0.1, 0.15) is 19.3 Å². The maximum Gasteiger partial charge on any atom is 0.472 e.